The molecule has 1 unspecified atom stereocenters. The topological polar surface area (TPSA) is 3.24 Å². The summed E-state index contributed by atoms with van der Waals surface area (Å²) in [5, 5.41) is 0. The van der Waals surface area contributed by atoms with E-state index < -0.39 is 0 Å². The van der Waals surface area contributed by atoms with Gasteiger partial charge in [0.2, 0.25) is 0 Å². The van der Waals surface area contributed by atoms with Crippen molar-refractivity contribution in [3.05, 3.63) is 83.6 Å². The molecule has 0 N–H and O–H groups in total. The summed E-state index contributed by atoms with van der Waals surface area (Å²) in [6, 6.07) is 21.4. The van der Waals surface area contributed by atoms with Crippen LogP contribution >= 0.6 is 0 Å². The molecule has 3 rings (SSSR count). The first-order valence-corrected chi connectivity index (χ1v) is 7.39. The van der Waals surface area contributed by atoms with Crippen LogP contribution in [-0.4, -0.2) is 6.04 Å². The lowest BCUT2D eigenvalue weighted by Gasteiger charge is -2.35. The van der Waals surface area contributed by atoms with Crippen molar-refractivity contribution < 1.29 is 0 Å². The summed E-state index contributed by atoms with van der Waals surface area (Å²) in [6.45, 7) is 6.59. The van der Waals surface area contributed by atoms with Gasteiger partial charge < -0.3 is 4.90 Å². The molecule has 1 heteroatoms. The van der Waals surface area contributed by atoms with Gasteiger partial charge in [-0.05, 0) is 55.2 Å². The van der Waals surface area contributed by atoms with E-state index >= 15 is 0 Å². The van der Waals surface area contributed by atoms with E-state index in [0.717, 1.165) is 0 Å². The molecular weight excluding hydrogens is 254 g/mol. The molecule has 1 aliphatic heterocycles. The summed E-state index contributed by atoms with van der Waals surface area (Å²) in [7, 11) is 0. The molecule has 2 aromatic carbocycles. The van der Waals surface area contributed by atoms with Crippen LogP contribution in [0.25, 0.3) is 5.57 Å². The summed E-state index contributed by atoms with van der Waals surface area (Å²) in [4.78, 5) is 2.24. The number of benzene rings is 2. The average Bonchev–Trinajstić information content (AvgIpc) is 2.53. The van der Waals surface area contributed by atoms with Gasteiger partial charge in [0.15, 0.2) is 0 Å². The van der Waals surface area contributed by atoms with E-state index in [4.69, 9.17) is 0 Å². The number of rotatable bonds is 2. The second-order valence-electron chi connectivity index (χ2n) is 5.52. The quantitative estimate of drug-likeness (QED) is 0.738. The van der Waals surface area contributed by atoms with E-state index in [-0.39, 0.29) is 6.04 Å². The number of anilines is 1. The third-order valence-electron chi connectivity index (χ3n) is 4.18. The Balaban J connectivity index is 2.08. The maximum atomic E-state index is 3.52. The van der Waals surface area contributed by atoms with Crippen molar-refractivity contribution in [3.63, 3.8) is 0 Å². The normalized spacial score (nSPS) is 18.7. The molecule has 1 nitrogen and oxygen atoms in total. The summed E-state index contributed by atoms with van der Waals surface area (Å²) in [5.41, 5.74) is 6.40. The minimum atomic E-state index is 0.276. The standard InChI is InChI=1S/C20H20N/c1-15-14-21(19-12-8-5-9-13-19)17(3)20(16(15)2)18-10-6-4-7-11-18/h4-13,17H,1-3H3. The Kier molecular flexibility index (Phi) is 3.66. The Morgan fingerprint density at radius 3 is 2.05 bits per heavy atom. The second-order valence-corrected chi connectivity index (χ2v) is 5.52. The molecule has 1 aliphatic rings. The third-order valence-corrected chi connectivity index (χ3v) is 4.18. The fraction of sp³-hybridized carbons (Fsp3) is 0.200. The minimum absolute atomic E-state index is 0.276. The smallest absolute Gasteiger partial charge is 0.0693 e. The molecule has 1 radical (unpaired) electrons. The number of allylic oxidation sites excluding steroid dienone is 2. The molecule has 0 fully saturated rings. The zero-order valence-corrected chi connectivity index (χ0v) is 12.8. The lowest BCUT2D eigenvalue weighted by atomic mass is 9.88. The van der Waals surface area contributed by atoms with Crippen LogP contribution in [0.15, 0.2) is 71.8 Å². The van der Waals surface area contributed by atoms with E-state index in [1.54, 1.807) is 0 Å². The van der Waals surface area contributed by atoms with Crippen LogP contribution in [0, 0.1) is 6.20 Å². The molecule has 0 spiro atoms. The Hall–Kier alpha value is -2.28. The predicted molar refractivity (Wildman–Crippen MR) is 89.8 cm³/mol. The number of para-hydroxylation sites is 1. The second kappa shape index (κ2) is 5.61. The van der Waals surface area contributed by atoms with Gasteiger partial charge in [-0.2, -0.15) is 0 Å². The van der Waals surface area contributed by atoms with Crippen molar-refractivity contribution in [2.45, 2.75) is 26.8 Å². The van der Waals surface area contributed by atoms with Gasteiger partial charge in [-0.3, -0.25) is 0 Å². The van der Waals surface area contributed by atoms with Crippen LogP contribution in [0.5, 0.6) is 0 Å². The molecule has 1 heterocycles. The largest absolute Gasteiger partial charge is 0.332 e. The van der Waals surface area contributed by atoms with E-state index in [2.05, 4.69) is 86.5 Å². The lowest BCUT2D eigenvalue weighted by molar-refractivity contribution is 0.830. The first kappa shape index (κ1) is 13.7. The van der Waals surface area contributed by atoms with Gasteiger partial charge in [-0.25, -0.2) is 0 Å². The highest BCUT2D eigenvalue weighted by Gasteiger charge is 2.25. The highest BCUT2D eigenvalue weighted by molar-refractivity contribution is 5.80. The van der Waals surface area contributed by atoms with Crippen molar-refractivity contribution in [1.82, 2.24) is 0 Å². The Morgan fingerprint density at radius 2 is 1.43 bits per heavy atom. The van der Waals surface area contributed by atoms with Gasteiger partial charge >= 0.3 is 0 Å². The van der Waals surface area contributed by atoms with E-state index in [1.165, 1.54) is 28.0 Å². The van der Waals surface area contributed by atoms with Crippen LogP contribution in [0.3, 0.4) is 0 Å². The first-order chi connectivity index (χ1) is 10.2. The zero-order valence-electron chi connectivity index (χ0n) is 12.8. The van der Waals surface area contributed by atoms with E-state index in [1.807, 2.05) is 6.07 Å². The average molecular weight is 274 g/mol. The predicted octanol–water partition coefficient (Wildman–Crippen LogP) is 5.08. The number of hydrogen-bond acceptors (Lipinski definition) is 1. The summed E-state index contributed by atoms with van der Waals surface area (Å²) in [5.74, 6) is 0. The zero-order chi connectivity index (χ0) is 14.8. The fourth-order valence-corrected chi connectivity index (χ4v) is 2.96. The third kappa shape index (κ3) is 2.52. The molecule has 0 saturated carbocycles. The van der Waals surface area contributed by atoms with Crippen LogP contribution < -0.4 is 4.90 Å². The molecule has 0 amide bonds. The van der Waals surface area contributed by atoms with Crippen LogP contribution in [0.1, 0.15) is 26.3 Å². The van der Waals surface area contributed by atoms with Gasteiger partial charge in [-0.15, -0.1) is 0 Å². The van der Waals surface area contributed by atoms with Crippen molar-refractivity contribution in [1.29, 1.82) is 0 Å². The summed E-state index contributed by atoms with van der Waals surface area (Å²) < 4.78 is 0. The number of nitrogens with zero attached hydrogens (tertiary/aromatic N) is 1. The Bertz CT molecular complexity index is 680. The van der Waals surface area contributed by atoms with Crippen LogP contribution in [0.2, 0.25) is 0 Å². The van der Waals surface area contributed by atoms with Crippen molar-refractivity contribution in [2.75, 3.05) is 4.90 Å². The molecule has 1 atom stereocenters. The van der Waals surface area contributed by atoms with E-state index in [0.29, 0.717) is 0 Å². The molecular formula is C20H20N. The number of hydrogen-bond donors (Lipinski definition) is 0. The Morgan fingerprint density at radius 1 is 0.857 bits per heavy atom. The fourth-order valence-electron chi connectivity index (χ4n) is 2.96. The molecule has 105 valence electrons. The molecule has 2 aromatic rings. The van der Waals surface area contributed by atoms with Gasteiger partial charge in [0.1, 0.15) is 0 Å². The van der Waals surface area contributed by atoms with Gasteiger partial charge in [0.25, 0.3) is 0 Å². The van der Waals surface area contributed by atoms with Crippen molar-refractivity contribution in [2.24, 2.45) is 0 Å². The highest BCUT2D eigenvalue weighted by atomic mass is 15.1. The van der Waals surface area contributed by atoms with Crippen LogP contribution in [0.4, 0.5) is 5.69 Å². The lowest BCUT2D eigenvalue weighted by Crippen LogP contribution is -2.33. The summed E-state index contributed by atoms with van der Waals surface area (Å²) in [6.07, 6.45) is 3.52. The Labute approximate surface area is 127 Å². The van der Waals surface area contributed by atoms with E-state index in [9.17, 15) is 0 Å². The summed E-state index contributed by atoms with van der Waals surface area (Å²) >= 11 is 0. The van der Waals surface area contributed by atoms with Crippen LogP contribution in [-0.2, 0) is 0 Å². The SMILES string of the molecule is CC1=[C]N(c2ccccc2)C(C)C(c2ccccc2)=C1C. The first-order valence-electron chi connectivity index (χ1n) is 7.39. The van der Waals surface area contributed by atoms with Gasteiger partial charge in [0.05, 0.1) is 12.2 Å². The highest BCUT2D eigenvalue weighted by Crippen LogP contribution is 2.35. The molecule has 0 saturated heterocycles. The monoisotopic (exact) mass is 274 g/mol. The van der Waals surface area contributed by atoms with Crippen molar-refractivity contribution in [3.8, 4) is 0 Å². The maximum absolute atomic E-state index is 3.52. The molecule has 0 aliphatic carbocycles. The molecule has 0 bridgehead atoms. The maximum Gasteiger partial charge on any atom is 0.0693 e. The van der Waals surface area contributed by atoms with Crippen molar-refractivity contribution >= 4 is 11.3 Å². The molecule has 21 heavy (non-hydrogen) atoms. The molecule has 0 aromatic heterocycles. The van der Waals surface area contributed by atoms with Gasteiger partial charge in [0, 0.05) is 5.69 Å². The van der Waals surface area contributed by atoms with Gasteiger partial charge in [-0.1, -0.05) is 48.5 Å². The minimum Gasteiger partial charge on any atom is -0.332 e.